The second-order valence-electron chi connectivity index (χ2n) is 7.83. The fourth-order valence-corrected chi connectivity index (χ4v) is 3.16. The van der Waals surface area contributed by atoms with E-state index in [2.05, 4.69) is 20.5 Å². The number of carbonyl (C=O) groups excluding carboxylic acids is 1. The minimum absolute atomic E-state index is 0.151. The Morgan fingerprint density at radius 1 is 1.15 bits per heavy atom. The Morgan fingerprint density at radius 3 is 2.52 bits per heavy atom. The zero-order chi connectivity index (χ0) is 24.0. The molecule has 176 valence electrons. The lowest BCUT2D eigenvalue weighted by Gasteiger charge is -2.18. The van der Waals surface area contributed by atoms with Gasteiger partial charge in [-0.15, -0.1) is 0 Å². The molecule has 1 heterocycles. The molecule has 33 heavy (non-hydrogen) atoms. The number of nitrogens with one attached hydrogen (secondary N) is 1. The Hall–Kier alpha value is -3.40. The van der Waals surface area contributed by atoms with Crippen LogP contribution < -0.4 is 10.1 Å². The third-order valence-corrected chi connectivity index (χ3v) is 4.88. The molecule has 0 saturated carbocycles. The number of rotatable bonds is 9. The van der Waals surface area contributed by atoms with Gasteiger partial charge in [-0.05, 0) is 62.9 Å². The highest BCUT2D eigenvalue weighted by Crippen LogP contribution is 2.29. The van der Waals surface area contributed by atoms with Gasteiger partial charge in [0.05, 0.1) is 12.1 Å². The Morgan fingerprint density at radius 2 is 1.88 bits per heavy atom. The average molecular weight is 462 g/mol. The Bertz CT molecular complexity index is 1070. The summed E-state index contributed by atoms with van der Waals surface area (Å²) in [5.74, 6) is 0.184. The Kier molecular flexibility index (Phi) is 7.70. The summed E-state index contributed by atoms with van der Waals surface area (Å²) in [7, 11) is 1.96. The van der Waals surface area contributed by atoms with Crippen LogP contribution in [-0.4, -0.2) is 40.8 Å². The summed E-state index contributed by atoms with van der Waals surface area (Å²) in [5, 5.41) is 10.3. The minimum Gasteiger partial charge on any atom is -0.489 e. The number of aromatic nitrogens is 2. The van der Waals surface area contributed by atoms with E-state index in [4.69, 9.17) is 9.37 Å². The fraction of sp³-hybridized carbons (Fsp3) is 0.348. The number of benzene rings is 2. The lowest BCUT2D eigenvalue weighted by atomic mass is 10.1. The number of alkyl halides is 3. The van der Waals surface area contributed by atoms with E-state index >= 15 is 0 Å². The lowest BCUT2D eigenvalue weighted by Crippen LogP contribution is -2.33. The van der Waals surface area contributed by atoms with Crippen LogP contribution in [0, 0.1) is 6.92 Å². The van der Waals surface area contributed by atoms with E-state index in [9.17, 15) is 18.0 Å². The number of amides is 1. The van der Waals surface area contributed by atoms with E-state index in [1.54, 1.807) is 6.92 Å². The summed E-state index contributed by atoms with van der Waals surface area (Å²) >= 11 is 0. The molecule has 0 aliphatic heterocycles. The average Bonchev–Trinajstić information content (AvgIpc) is 3.16. The molecular formula is C23H25F3N4O3. The third kappa shape index (κ3) is 7.04. The monoisotopic (exact) mass is 462 g/mol. The van der Waals surface area contributed by atoms with Gasteiger partial charge in [-0.3, -0.25) is 9.69 Å². The largest absolute Gasteiger partial charge is 0.489 e. The number of halogens is 3. The first-order chi connectivity index (χ1) is 15.6. The first-order valence-electron chi connectivity index (χ1n) is 10.3. The van der Waals surface area contributed by atoms with Gasteiger partial charge in [0.1, 0.15) is 23.2 Å². The SMILES string of the molecule is Cc1nonc1CN(C)Cc1cccc(O[C@@H](C)CNC(=O)c2ccc(C(F)(F)F)cc2)c1. The van der Waals surface area contributed by atoms with Crippen LogP contribution in [0.1, 0.15) is 39.8 Å². The van der Waals surface area contributed by atoms with Crippen molar-refractivity contribution >= 4 is 5.91 Å². The van der Waals surface area contributed by atoms with Gasteiger partial charge in [-0.1, -0.05) is 22.4 Å². The van der Waals surface area contributed by atoms with E-state index in [1.807, 2.05) is 38.2 Å². The number of aryl methyl sites for hydroxylation is 1. The van der Waals surface area contributed by atoms with Crippen molar-refractivity contribution in [3.05, 3.63) is 76.6 Å². The molecule has 1 amide bonds. The van der Waals surface area contributed by atoms with Gasteiger partial charge in [-0.2, -0.15) is 13.2 Å². The molecule has 7 nitrogen and oxygen atoms in total. The number of nitrogens with zero attached hydrogens (tertiary/aromatic N) is 3. The van der Waals surface area contributed by atoms with Crippen molar-refractivity contribution in [2.75, 3.05) is 13.6 Å². The van der Waals surface area contributed by atoms with Crippen LogP contribution in [0.4, 0.5) is 13.2 Å². The number of hydrogen-bond donors (Lipinski definition) is 1. The van der Waals surface area contributed by atoms with E-state index < -0.39 is 17.6 Å². The van der Waals surface area contributed by atoms with Crippen molar-refractivity contribution in [2.24, 2.45) is 0 Å². The highest BCUT2D eigenvalue weighted by molar-refractivity contribution is 5.94. The quantitative estimate of drug-likeness (QED) is 0.513. The molecule has 3 rings (SSSR count). The van der Waals surface area contributed by atoms with E-state index in [1.165, 1.54) is 0 Å². The molecule has 0 aliphatic rings. The highest BCUT2D eigenvalue weighted by Gasteiger charge is 2.30. The van der Waals surface area contributed by atoms with Crippen molar-refractivity contribution in [1.29, 1.82) is 0 Å². The standard InChI is InChI=1S/C23H25F3N4O3/c1-15(12-27-22(31)18-7-9-19(10-8-18)23(24,25)26)32-20-6-4-5-17(11-20)13-30(3)14-21-16(2)28-33-29-21/h4-11,15H,12-14H2,1-3H3,(H,27,31)/t15-/m0/s1. The van der Waals surface area contributed by atoms with Gasteiger partial charge in [-0.25, -0.2) is 4.63 Å². The second-order valence-corrected chi connectivity index (χ2v) is 7.83. The molecule has 0 saturated heterocycles. The molecule has 1 atom stereocenters. The molecule has 10 heteroatoms. The topological polar surface area (TPSA) is 80.5 Å². The molecule has 0 unspecified atom stereocenters. The van der Waals surface area contributed by atoms with E-state index in [0.29, 0.717) is 18.8 Å². The van der Waals surface area contributed by atoms with Gasteiger partial charge in [0, 0.05) is 18.7 Å². The maximum absolute atomic E-state index is 12.7. The maximum atomic E-state index is 12.7. The van der Waals surface area contributed by atoms with Crippen molar-refractivity contribution in [3.8, 4) is 5.75 Å². The van der Waals surface area contributed by atoms with Crippen LogP contribution in [0.25, 0.3) is 0 Å². The van der Waals surface area contributed by atoms with Crippen LogP contribution in [0.5, 0.6) is 5.75 Å². The molecule has 0 spiro atoms. The molecule has 0 radical (unpaired) electrons. The summed E-state index contributed by atoms with van der Waals surface area (Å²) in [5.41, 5.74) is 1.92. The molecule has 1 aromatic heterocycles. The zero-order valence-electron chi connectivity index (χ0n) is 18.5. The molecule has 3 aromatic rings. The van der Waals surface area contributed by atoms with Crippen LogP contribution in [0.15, 0.2) is 53.2 Å². The van der Waals surface area contributed by atoms with Gasteiger partial charge in [0.15, 0.2) is 0 Å². The molecule has 0 aliphatic carbocycles. The van der Waals surface area contributed by atoms with Gasteiger partial charge < -0.3 is 10.1 Å². The van der Waals surface area contributed by atoms with Crippen molar-refractivity contribution < 1.29 is 27.3 Å². The van der Waals surface area contributed by atoms with Crippen molar-refractivity contribution in [1.82, 2.24) is 20.5 Å². The van der Waals surface area contributed by atoms with Crippen molar-refractivity contribution in [3.63, 3.8) is 0 Å². The van der Waals surface area contributed by atoms with Crippen LogP contribution in [0.3, 0.4) is 0 Å². The summed E-state index contributed by atoms with van der Waals surface area (Å²) < 4.78 is 48.6. The van der Waals surface area contributed by atoms with Crippen LogP contribution in [-0.2, 0) is 19.3 Å². The third-order valence-electron chi connectivity index (χ3n) is 4.88. The highest BCUT2D eigenvalue weighted by atomic mass is 19.4. The Labute approximate surface area is 189 Å². The molecule has 0 bridgehead atoms. The number of carbonyl (C=O) groups is 1. The van der Waals surface area contributed by atoms with Gasteiger partial charge in [0.25, 0.3) is 5.91 Å². The fourth-order valence-electron chi connectivity index (χ4n) is 3.16. The molecule has 0 fully saturated rings. The second kappa shape index (κ2) is 10.5. The maximum Gasteiger partial charge on any atom is 0.416 e. The van der Waals surface area contributed by atoms with Crippen LogP contribution >= 0.6 is 0 Å². The van der Waals surface area contributed by atoms with E-state index in [0.717, 1.165) is 41.2 Å². The predicted molar refractivity (Wildman–Crippen MR) is 115 cm³/mol. The van der Waals surface area contributed by atoms with E-state index in [-0.39, 0.29) is 18.2 Å². The first-order valence-corrected chi connectivity index (χ1v) is 10.3. The predicted octanol–water partition coefficient (Wildman–Crippen LogP) is 4.23. The summed E-state index contributed by atoms with van der Waals surface area (Å²) in [6, 6.07) is 11.7. The lowest BCUT2D eigenvalue weighted by molar-refractivity contribution is -0.137. The van der Waals surface area contributed by atoms with Crippen LogP contribution in [0.2, 0.25) is 0 Å². The minimum atomic E-state index is -4.44. The number of hydrogen-bond acceptors (Lipinski definition) is 6. The van der Waals surface area contributed by atoms with Gasteiger partial charge >= 0.3 is 6.18 Å². The normalized spacial score (nSPS) is 12.6. The molecule has 1 N–H and O–H groups in total. The number of ether oxygens (including phenoxy) is 1. The summed E-state index contributed by atoms with van der Waals surface area (Å²) in [6.07, 6.45) is -4.78. The molecule has 2 aromatic carbocycles. The Balaban J connectivity index is 1.49. The first kappa shape index (κ1) is 24.2. The van der Waals surface area contributed by atoms with Crippen molar-refractivity contribution in [2.45, 2.75) is 39.2 Å². The smallest absolute Gasteiger partial charge is 0.416 e. The summed E-state index contributed by atoms with van der Waals surface area (Å²) in [4.78, 5) is 14.3. The molecular weight excluding hydrogens is 437 g/mol. The van der Waals surface area contributed by atoms with Gasteiger partial charge in [0.2, 0.25) is 0 Å². The summed E-state index contributed by atoms with van der Waals surface area (Å²) in [6.45, 7) is 5.08. The zero-order valence-corrected chi connectivity index (χ0v) is 18.5.